The van der Waals surface area contributed by atoms with E-state index in [2.05, 4.69) is 97.5 Å². The van der Waals surface area contributed by atoms with E-state index in [1.54, 1.807) is 0 Å². The monoisotopic (exact) mass is 513 g/mol. The van der Waals surface area contributed by atoms with E-state index in [4.69, 9.17) is 4.55 Å². The molecule has 1 aromatic heterocycles. The van der Waals surface area contributed by atoms with Crippen LogP contribution in [0, 0.1) is 0 Å². The molecule has 0 fully saturated rings. The van der Waals surface area contributed by atoms with Gasteiger partial charge in [-0.05, 0) is 42.7 Å². The molecule has 0 spiro atoms. The molecule has 3 aromatic rings. The van der Waals surface area contributed by atoms with Crippen molar-refractivity contribution < 1.29 is 22.0 Å². The zero-order valence-electron chi connectivity index (χ0n) is 20.7. The maximum Gasteiger partial charge on any atom is 0.264 e. The third-order valence-corrected chi connectivity index (χ3v) is 8.56. The van der Waals surface area contributed by atoms with Crippen molar-refractivity contribution in [2.45, 2.75) is 30.7 Å². The van der Waals surface area contributed by atoms with Gasteiger partial charge in [-0.2, -0.15) is 13.0 Å². The van der Waals surface area contributed by atoms with Crippen LogP contribution < -0.4 is 9.47 Å². The lowest BCUT2D eigenvalue weighted by Gasteiger charge is -2.29. The fourth-order valence-corrected chi connectivity index (χ4v) is 6.29. The number of benzene rings is 2. The predicted octanol–water partition coefficient (Wildman–Crippen LogP) is 4.80. The van der Waals surface area contributed by atoms with Gasteiger partial charge in [0.15, 0.2) is 12.7 Å². The number of hydrogen-bond acceptors (Lipinski definition) is 4. The first kappa shape index (κ1) is 25.7. The molecule has 2 heterocycles. The first-order valence-corrected chi connectivity index (χ1v) is 14.5. The first-order chi connectivity index (χ1) is 16.6. The molecule has 0 saturated heterocycles. The number of quaternary nitrogens is 1. The second kappa shape index (κ2) is 10.7. The zero-order valence-corrected chi connectivity index (χ0v) is 22.4. The molecular weight excluding hydrogens is 478 g/mol. The van der Waals surface area contributed by atoms with Crippen LogP contribution in [0.15, 0.2) is 70.7 Å². The molecule has 0 atom stereocenters. The van der Waals surface area contributed by atoms with Crippen LogP contribution in [0.25, 0.3) is 17.0 Å². The standard InChI is InChI=1S/C27H34N3O3S2/c1-28-25-13-6-7-14-26(25)34-27(28)21-22-15-17-29(24-12-5-4-11-23(22)24)16-10-19-30(2,3)18-8-9-20-35(31,32)33/h4-7,11-15,17,21H,8-10,16,18-20H2,1-3H3/q+1/p+1. The summed E-state index contributed by atoms with van der Waals surface area (Å²) < 4.78 is 33.9. The largest absolute Gasteiger partial charge is 0.338 e. The minimum atomic E-state index is -3.86. The minimum absolute atomic E-state index is 0.155. The Morgan fingerprint density at radius 1 is 1.00 bits per heavy atom. The Morgan fingerprint density at radius 3 is 2.49 bits per heavy atom. The Kier molecular flexibility index (Phi) is 7.86. The summed E-state index contributed by atoms with van der Waals surface area (Å²) in [5.41, 5.74) is 3.69. The van der Waals surface area contributed by atoms with Crippen molar-refractivity contribution in [1.29, 1.82) is 0 Å². The number of aromatic nitrogens is 1. The Hall–Kier alpha value is -2.39. The zero-order chi connectivity index (χ0) is 25.1. The van der Waals surface area contributed by atoms with Gasteiger partial charge >= 0.3 is 0 Å². The third kappa shape index (κ3) is 6.64. The van der Waals surface area contributed by atoms with E-state index < -0.39 is 10.1 Å². The molecule has 2 aromatic carbocycles. The van der Waals surface area contributed by atoms with Crippen molar-refractivity contribution in [3.63, 3.8) is 0 Å². The number of hydrogen-bond donors (Lipinski definition) is 1. The van der Waals surface area contributed by atoms with Gasteiger partial charge in [-0.1, -0.05) is 36.0 Å². The van der Waals surface area contributed by atoms with Gasteiger partial charge in [0.25, 0.3) is 10.1 Å². The number of unbranched alkanes of at least 4 members (excludes halogenated alkanes) is 1. The molecule has 1 aliphatic heterocycles. The number of pyridine rings is 1. The molecule has 6 nitrogen and oxygen atoms in total. The van der Waals surface area contributed by atoms with E-state index in [0.29, 0.717) is 6.42 Å². The number of aryl methyl sites for hydroxylation is 1. The number of anilines is 1. The molecule has 0 unspecified atom stereocenters. The summed E-state index contributed by atoms with van der Waals surface area (Å²) in [5, 5.41) is 2.47. The molecule has 8 heteroatoms. The van der Waals surface area contributed by atoms with Crippen LogP contribution in [0.5, 0.6) is 0 Å². The molecular formula is C27H35N3O3S2+2. The number of para-hydroxylation sites is 2. The summed E-state index contributed by atoms with van der Waals surface area (Å²) in [6.07, 6.45) is 6.77. The van der Waals surface area contributed by atoms with Crippen molar-refractivity contribution in [3.8, 4) is 0 Å². The lowest BCUT2D eigenvalue weighted by molar-refractivity contribution is -0.892. The average Bonchev–Trinajstić information content (AvgIpc) is 3.13. The molecule has 0 aliphatic carbocycles. The van der Waals surface area contributed by atoms with E-state index in [0.717, 1.165) is 37.0 Å². The quantitative estimate of drug-likeness (QED) is 0.183. The molecule has 1 aliphatic rings. The van der Waals surface area contributed by atoms with Crippen LogP contribution in [-0.4, -0.2) is 57.4 Å². The molecule has 186 valence electrons. The maximum atomic E-state index is 10.9. The Morgan fingerprint density at radius 2 is 1.71 bits per heavy atom. The number of nitrogens with zero attached hydrogens (tertiary/aromatic N) is 3. The number of rotatable bonds is 10. The van der Waals surface area contributed by atoms with Gasteiger partial charge in [-0.15, -0.1) is 0 Å². The number of fused-ring (bicyclic) bond motifs is 2. The van der Waals surface area contributed by atoms with Crippen LogP contribution >= 0.6 is 11.8 Å². The van der Waals surface area contributed by atoms with Crippen molar-refractivity contribution in [1.82, 2.24) is 0 Å². The highest BCUT2D eigenvalue weighted by Crippen LogP contribution is 2.45. The van der Waals surface area contributed by atoms with Crippen LogP contribution in [0.1, 0.15) is 24.8 Å². The van der Waals surface area contributed by atoms with Crippen molar-refractivity contribution in [2.24, 2.45) is 0 Å². The van der Waals surface area contributed by atoms with Crippen molar-refractivity contribution in [3.05, 3.63) is 71.4 Å². The summed E-state index contributed by atoms with van der Waals surface area (Å²) in [4.78, 5) is 3.54. The molecule has 0 radical (unpaired) electrons. The lowest BCUT2D eigenvalue weighted by atomic mass is 10.1. The van der Waals surface area contributed by atoms with Gasteiger partial charge in [0.1, 0.15) is 0 Å². The molecule has 1 N–H and O–H groups in total. The molecule has 0 saturated carbocycles. The van der Waals surface area contributed by atoms with Crippen LogP contribution in [0.2, 0.25) is 0 Å². The summed E-state index contributed by atoms with van der Waals surface area (Å²) in [5.74, 6) is -0.155. The summed E-state index contributed by atoms with van der Waals surface area (Å²) in [6, 6.07) is 19.3. The number of thioether (sulfide) groups is 1. The fraction of sp³-hybridized carbons (Fsp3) is 0.370. The normalized spacial score (nSPS) is 15.2. The van der Waals surface area contributed by atoms with E-state index >= 15 is 0 Å². The molecule has 0 bridgehead atoms. The summed E-state index contributed by atoms with van der Waals surface area (Å²) in [6.45, 7) is 2.81. The molecule has 4 rings (SSSR count). The van der Waals surface area contributed by atoms with Gasteiger partial charge in [0.05, 0.1) is 55.5 Å². The maximum absolute atomic E-state index is 10.9. The smallest absolute Gasteiger partial charge is 0.264 e. The van der Waals surface area contributed by atoms with E-state index in [1.165, 1.54) is 32.1 Å². The van der Waals surface area contributed by atoms with Gasteiger partial charge in [-0.3, -0.25) is 4.55 Å². The topological polar surface area (TPSA) is 61.5 Å². The van der Waals surface area contributed by atoms with E-state index in [9.17, 15) is 8.42 Å². The highest BCUT2D eigenvalue weighted by Gasteiger charge is 2.22. The van der Waals surface area contributed by atoms with Crippen LogP contribution in [0.3, 0.4) is 0 Å². The Balaban J connectivity index is 1.43. The van der Waals surface area contributed by atoms with Gasteiger partial charge in [0, 0.05) is 24.1 Å². The Labute approximate surface area is 213 Å². The fourth-order valence-electron chi connectivity index (χ4n) is 4.61. The van der Waals surface area contributed by atoms with Crippen LogP contribution in [-0.2, 0) is 16.7 Å². The SMILES string of the molecule is CN1C(=Cc2cc[n+](CCC[N+](C)(C)CCCCS(=O)(=O)O)c3ccccc23)Sc2ccccc21. The highest BCUT2D eigenvalue weighted by molar-refractivity contribution is 8.03. The predicted molar refractivity (Wildman–Crippen MR) is 145 cm³/mol. The minimum Gasteiger partial charge on any atom is -0.338 e. The Bertz CT molecular complexity index is 1340. The van der Waals surface area contributed by atoms with Crippen molar-refractivity contribution in [2.75, 3.05) is 44.9 Å². The second-order valence-corrected chi connectivity index (χ2v) is 12.5. The second-order valence-electron chi connectivity index (χ2n) is 9.82. The average molecular weight is 514 g/mol. The first-order valence-electron chi connectivity index (χ1n) is 12.0. The van der Waals surface area contributed by atoms with Gasteiger partial charge in [-0.25, -0.2) is 0 Å². The van der Waals surface area contributed by atoms with E-state index in [-0.39, 0.29) is 5.75 Å². The molecule has 35 heavy (non-hydrogen) atoms. The van der Waals surface area contributed by atoms with Crippen molar-refractivity contribution >= 4 is 44.5 Å². The molecule has 0 amide bonds. The van der Waals surface area contributed by atoms with E-state index in [1.807, 2.05) is 11.8 Å². The van der Waals surface area contributed by atoms with Crippen LogP contribution in [0.4, 0.5) is 5.69 Å². The van der Waals surface area contributed by atoms with Gasteiger partial charge < -0.3 is 9.38 Å². The highest BCUT2D eigenvalue weighted by atomic mass is 32.2. The summed E-state index contributed by atoms with van der Waals surface area (Å²) in [7, 11) is 2.62. The lowest BCUT2D eigenvalue weighted by Crippen LogP contribution is -2.44. The summed E-state index contributed by atoms with van der Waals surface area (Å²) >= 11 is 1.81. The van der Waals surface area contributed by atoms with Gasteiger partial charge in [0.2, 0.25) is 5.52 Å². The third-order valence-electron chi connectivity index (χ3n) is 6.59.